The van der Waals surface area contributed by atoms with Crippen LogP contribution in [0.3, 0.4) is 0 Å². The third-order valence-electron chi connectivity index (χ3n) is 6.61. The number of ketones is 1. The van der Waals surface area contributed by atoms with E-state index in [0.29, 0.717) is 24.8 Å². The van der Waals surface area contributed by atoms with Gasteiger partial charge in [0.05, 0.1) is 6.61 Å². The normalized spacial score (nSPS) is 19.1. The Labute approximate surface area is 194 Å². The van der Waals surface area contributed by atoms with Crippen LogP contribution < -0.4 is 10.1 Å². The molecule has 2 heterocycles. The quantitative estimate of drug-likeness (QED) is 0.568. The summed E-state index contributed by atoms with van der Waals surface area (Å²) in [6, 6.07) is 13.8. The van der Waals surface area contributed by atoms with E-state index >= 15 is 0 Å². The Hall–Kier alpha value is -3.41. The molecule has 6 nitrogen and oxygen atoms in total. The zero-order chi connectivity index (χ0) is 23.3. The van der Waals surface area contributed by atoms with Gasteiger partial charge in [0, 0.05) is 28.8 Å². The third-order valence-corrected chi connectivity index (χ3v) is 6.61. The number of carbonyl (C=O) groups is 1. The number of aryl methyl sites for hydroxylation is 2. The predicted molar refractivity (Wildman–Crippen MR) is 129 cm³/mol. The number of rotatable bonds is 4. The van der Waals surface area contributed by atoms with Crippen molar-refractivity contribution >= 4 is 11.7 Å². The standard InChI is InChI=1S/C27H30N4O2/c1-6-33-22-10-8-7-9-19(22)24-23-20(14-27(4,5)15-21(23)32)28-26-29-25(30-31(24)26)18-12-11-16(2)17(3)13-18/h7-13,24H,6,14-15H2,1-5H3,(H,28,29,30). The molecule has 0 spiro atoms. The Morgan fingerprint density at radius 3 is 2.67 bits per heavy atom. The number of hydrogen-bond acceptors (Lipinski definition) is 5. The van der Waals surface area contributed by atoms with Gasteiger partial charge in [-0.1, -0.05) is 44.2 Å². The van der Waals surface area contributed by atoms with E-state index in [-0.39, 0.29) is 17.2 Å². The fourth-order valence-corrected chi connectivity index (χ4v) is 4.89. The molecule has 6 heteroatoms. The van der Waals surface area contributed by atoms with Crippen molar-refractivity contribution in [1.29, 1.82) is 0 Å². The Morgan fingerprint density at radius 2 is 1.91 bits per heavy atom. The Balaban J connectivity index is 1.70. The van der Waals surface area contributed by atoms with Crippen LogP contribution in [0, 0.1) is 19.3 Å². The van der Waals surface area contributed by atoms with Crippen LogP contribution in [0.1, 0.15) is 56.3 Å². The number of anilines is 1. The molecule has 33 heavy (non-hydrogen) atoms. The maximum atomic E-state index is 13.5. The summed E-state index contributed by atoms with van der Waals surface area (Å²) in [4.78, 5) is 18.3. The van der Waals surface area contributed by atoms with Gasteiger partial charge in [-0.05, 0) is 55.9 Å². The molecule has 5 rings (SSSR count). The average molecular weight is 443 g/mol. The summed E-state index contributed by atoms with van der Waals surface area (Å²) in [7, 11) is 0. The first-order chi connectivity index (χ1) is 15.8. The minimum absolute atomic E-state index is 0.105. The Kier molecular flexibility index (Phi) is 5.11. The van der Waals surface area contributed by atoms with Crippen molar-refractivity contribution in [3.63, 3.8) is 0 Å². The van der Waals surface area contributed by atoms with Gasteiger partial charge in [0.1, 0.15) is 11.8 Å². The number of fused-ring (bicyclic) bond motifs is 1. The summed E-state index contributed by atoms with van der Waals surface area (Å²) in [5, 5.41) is 8.37. The number of allylic oxidation sites excluding steroid dienone is 2. The maximum absolute atomic E-state index is 13.5. The van der Waals surface area contributed by atoms with Crippen LogP contribution in [0.5, 0.6) is 5.75 Å². The molecule has 0 saturated heterocycles. The second-order valence-electron chi connectivity index (χ2n) is 9.83. The van der Waals surface area contributed by atoms with Crippen LogP contribution in [0.25, 0.3) is 11.4 Å². The number of ether oxygens (including phenoxy) is 1. The third kappa shape index (κ3) is 3.73. The Bertz CT molecular complexity index is 1290. The second-order valence-corrected chi connectivity index (χ2v) is 9.83. The minimum Gasteiger partial charge on any atom is -0.494 e. The monoisotopic (exact) mass is 442 g/mol. The van der Waals surface area contributed by atoms with E-state index in [1.165, 1.54) is 11.1 Å². The van der Waals surface area contributed by atoms with Gasteiger partial charge in [0.25, 0.3) is 0 Å². The van der Waals surface area contributed by atoms with Gasteiger partial charge in [0.2, 0.25) is 5.95 Å². The summed E-state index contributed by atoms with van der Waals surface area (Å²) in [6.07, 6.45) is 1.29. The van der Waals surface area contributed by atoms with Gasteiger partial charge in [-0.25, -0.2) is 4.68 Å². The lowest BCUT2D eigenvalue weighted by molar-refractivity contribution is -0.118. The first-order valence-corrected chi connectivity index (χ1v) is 11.6. The van der Waals surface area contributed by atoms with Crippen LogP contribution in [-0.4, -0.2) is 27.2 Å². The lowest BCUT2D eigenvalue weighted by Crippen LogP contribution is -2.36. The van der Waals surface area contributed by atoms with Crippen molar-refractivity contribution in [1.82, 2.24) is 14.8 Å². The van der Waals surface area contributed by atoms with E-state index in [1.807, 2.05) is 35.9 Å². The molecule has 170 valence electrons. The summed E-state index contributed by atoms with van der Waals surface area (Å²) in [6.45, 7) is 11.0. The average Bonchev–Trinajstić information content (AvgIpc) is 3.18. The summed E-state index contributed by atoms with van der Waals surface area (Å²) in [5.74, 6) is 2.22. The highest BCUT2D eigenvalue weighted by atomic mass is 16.5. The highest BCUT2D eigenvalue weighted by Gasteiger charge is 2.42. The number of carbonyl (C=O) groups excluding carboxylic acids is 1. The van der Waals surface area contributed by atoms with E-state index in [2.05, 4.69) is 51.2 Å². The van der Waals surface area contributed by atoms with Crippen LogP contribution in [0.15, 0.2) is 53.7 Å². The van der Waals surface area contributed by atoms with Crippen LogP contribution in [0.4, 0.5) is 5.95 Å². The molecule has 1 atom stereocenters. The van der Waals surface area contributed by atoms with Gasteiger partial charge in [-0.3, -0.25) is 4.79 Å². The number of hydrogen-bond donors (Lipinski definition) is 1. The molecule has 0 amide bonds. The van der Waals surface area contributed by atoms with Crippen molar-refractivity contribution in [3.05, 3.63) is 70.4 Å². The largest absolute Gasteiger partial charge is 0.494 e. The van der Waals surface area contributed by atoms with Crippen LogP contribution >= 0.6 is 0 Å². The summed E-state index contributed by atoms with van der Waals surface area (Å²) < 4.78 is 7.82. The first kappa shape index (κ1) is 21.4. The summed E-state index contributed by atoms with van der Waals surface area (Å²) in [5.41, 5.74) is 5.92. The molecule has 0 bridgehead atoms. The van der Waals surface area contributed by atoms with Crippen LogP contribution in [0.2, 0.25) is 0 Å². The van der Waals surface area contributed by atoms with Gasteiger partial charge >= 0.3 is 0 Å². The molecule has 0 radical (unpaired) electrons. The lowest BCUT2D eigenvalue weighted by atomic mass is 9.73. The molecule has 2 aliphatic rings. The number of benzene rings is 2. The molecular formula is C27H30N4O2. The highest BCUT2D eigenvalue weighted by Crippen LogP contribution is 2.47. The number of Topliss-reactive ketones (excluding diaryl/α,β-unsaturated/α-hetero) is 1. The van der Waals surface area contributed by atoms with Gasteiger partial charge in [-0.2, -0.15) is 4.98 Å². The molecule has 1 unspecified atom stereocenters. The molecule has 0 saturated carbocycles. The minimum atomic E-state index is -0.379. The predicted octanol–water partition coefficient (Wildman–Crippen LogP) is 5.62. The summed E-state index contributed by atoms with van der Waals surface area (Å²) >= 11 is 0. The van der Waals surface area contributed by atoms with Crippen molar-refractivity contribution in [2.75, 3.05) is 11.9 Å². The topological polar surface area (TPSA) is 69.0 Å². The van der Waals surface area contributed by atoms with Crippen molar-refractivity contribution in [3.8, 4) is 17.1 Å². The molecule has 1 N–H and O–H groups in total. The molecule has 3 aromatic rings. The smallest absolute Gasteiger partial charge is 0.226 e. The highest BCUT2D eigenvalue weighted by molar-refractivity contribution is 6.00. The molecule has 2 aromatic carbocycles. The Morgan fingerprint density at radius 1 is 1.12 bits per heavy atom. The van der Waals surface area contributed by atoms with Crippen LogP contribution in [-0.2, 0) is 4.79 Å². The van der Waals surface area contributed by atoms with E-state index in [4.69, 9.17) is 14.8 Å². The maximum Gasteiger partial charge on any atom is 0.226 e. The fraction of sp³-hybridized carbons (Fsp3) is 0.370. The van der Waals surface area contributed by atoms with Crippen molar-refractivity contribution in [2.24, 2.45) is 5.41 Å². The van der Waals surface area contributed by atoms with Gasteiger partial charge < -0.3 is 10.1 Å². The number of nitrogens with zero attached hydrogens (tertiary/aromatic N) is 3. The zero-order valence-electron chi connectivity index (χ0n) is 19.9. The van der Waals surface area contributed by atoms with Crippen molar-refractivity contribution < 1.29 is 9.53 Å². The SMILES string of the molecule is CCOc1ccccc1C1C2=C(CC(C)(C)CC2=O)Nc2nc(-c3ccc(C)c(C)c3)nn21. The lowest BCUT2D eigenvalue weighted by Gasteiger charge is -2.38. The first-order valence-electron chi connectivity index (χ1n) is 11.6. The molecule has 1 aliphatic carbocycles. The molecule has 1 aliphatic heterocycles. The van der Waals surface area contributed by atoms with Gasteiger partial charge in [-0.15, -0.1) is 5.10 Å². The second kappa shape index (κ2) is 7.87. The number of para-hydroxylation sites is 1. The number of aromatic nitrogens is 3. The van der Waals surface area contributed by atoms with Crippen molar-refractivity contribution in [2.45, 2.75) is 53.5 Å². The molecule has 0 fully saturated rings. The van der Waals surface area contributed by atoms with E-state index < -0.39 is 0 Å². The van der Waals surface area contributed by atoms with E-state index in [9.17, 15) is 4.79 Å². The zero-order valence-corrected chi connectivity index (χ0v) is 19.9. The number of nitrogens with one attached hydrogen (secondary N) is 1. The molecule has 1 aromatic heterocycles. The van der Waals surface area contributed by atoms with E-state index in [1.54, 1.807) is 0 Å². The van der Waals surface area contributed by atoms with Gasteiger partial charge in [0.15, 0.2) is 11.6 Å². The van der Waals surface area contributed by atoms with E-state index in [0.717, 1.165) is 34.6 Å². The molecular weight excluding hydrogens is 412 g/mol. The fourth-order valence-electron chi connectivity index (χ4n) is 4.89.